The van der Waals surface area contributed by atoms with Crippen molar-refractivity contribution in [2.45, 2.75) is 44.0 Å². The van der Waals surface area contributed by atoms with Gasteiger partial charge in [0.2, 0.25) is 0 Å². The van der Waals surface area contributed by atoms with Crippen LogP contribution in [0.5, 0.6) is 0 Å². The van der Waals surface area contributed by atoms with E-state index in [1.165, 1.54) is 0 Å². The molecule has 0 aromatic rings. The molecule has 0 spiro atoms. The van der Waals surface area contributed by atoms with Crippen molar-refractivity contribution in [3.05, 3.63) is 0 Å². The minimum absolute atomic E-state index is 0.609. The standard InChI is InChI=1S/C7H14O3/c8-5-3-1-2-4-6(9)7(5)10/h5-10H,1-4H2/t5-,6+,7?. The Kier molecular flexibility index (Phi) is 2.65. The van der Waals surface area contributed by atoms with E-state index in [0.29, 0.717) is 12.8 Å². The number of rotatable bonds is 0. The zero-order valence-electron chi connectivity index (χ0n) is 5.90. The first-order valence-corrected chi connectivity index (χ1v) is 3.76. The largest absolute Gasteiger partial charge is 0.390 e. The summed E-state index contributed by atoms with van der Waals surface area (Å²) in [6.45, 7) is 0. The van der Waals surface area contributed by atoms with Crippen LogP contribution in [0.1, 0.15) is 25.7 Å². The van der Waals surface area contributed by atoms with Crippen LogP contribution in [0.4, 0.5) is 0 Å². The Hall–Kier alpha value is -0.120. The van der Waals surface area contributed by atoms with Crippen molar-refractivity contribution < 1.29 is 15.3 Å². The van der Waals surface area contributed by atoms with Gasteiger partial charge in [0.15, 0.2) is 0 Å². The molecule has 3 N–H and O–H groups in total. The summed E-state index contributed by atoms with van der Waals surface area (Å²) in [5.41, 5.74) is 0. The van der Waals surface area contributed by atoms with Crippen molar-refractivity contribution in [3.8, 4) is 0 Å². The number of hydrogen-bond donors (Lipinski definition) is 3. The zero-order chi connectivity index (χ0) is 7.56. The van der Waals surface area contributed by atoms with Crippen molar-refractivity contribution in [1.82, 2.24) is 0 Å². The van der Waals surface area contributed by atoms with Gasteiger partial charge in [-0.1, -0.05) is 12.8 Å². The van der Waals surface area contributed by atoms with E-state index in [9.17, 15) is 0 Å². The molecule has 0 radical (unpaired) electrons. The molecule has 0 aromatic heterocycles. The maximum absolute atomic E-state index is 9.13. The quantitative estimate of drug-likeness (QED) is 0.409. The van der Waals surface area contributed by atoms with Crippen molar-refractivity contribution >= 4 is 0 Å². The molecule has 0 aliphatic heterocycles. The summed E-state index contributed by atoms with van der Waals surface area (Å²) in [5.74, 6) is 0. The molecule has 1 unspecified atom stereocenters. The van der Waals surface area contributed by atoms with Gasteiger partial charge in [-0.05, 0) is 12.8 Å². The normalized spacial score (nSPS) is 42.9. The molecular weight excluding hydrogens is 132 g/mol. The lowest BCUT2D eigenvalue weighted by atomic mass is 10.1. The minimum Gasteiger partial charge on any atom is -0.390 e. The summed E-state index contributed by atoms with van der Waals surface area (Å²) < 4.78 is 0. The fraction of sp³-hybridized carbons (Fsp3) is 1.00. The van der Waals surface area contributed by atoms with Crippen LogP contribution in [0.2, 0.25) is 0 Å². The highest BCUT2D eigenvalue weighted by Gasteiger charge is 2.26. The van der Waals surface area contributed by atoms with Crippen LogP contribution in [0.25, 0.3) is 0 Å². The Morgan fingerprint density at radius 1 is 0.800 bits per heavy atom. The maximum atomic E-state index is 9.13. The number of hydrogen-bond acceptors (Lipinski definition) is 3. The molecular formula is C7H14O3. The van der Waals surface area contributed by atoms with E-state index in [1.807, 2.05) is 0 Å². The Balaban J connectivity index is 2.46. The lowest BCUT2D eigenvalue weighted by molar-refractivity contribution is -0.0553. The highest BCUT2D eigenvalue weighted by Crippen LogP contribution is 2.18. The Morgan fingerprint density at radius 2 is 1.20 bits per heavy atom. The second-order valence-corrected chi connectivity index (χ2v) is 2.91. The molecule has 3 heteroatoms. The molecule has 0 saturated heterocycles. The summed E-state index contributed by atoms with van der Waals surface area (Å²) >= 11 is 0. The number of aliphatic hydroxyl groups is 3. The molecule has 1 aliphatic rings. The summed E-state index contributed by atoms with van der Waals surface area (Å²) in [5, 5.41) is 27.4. The molecule has 1 aliphatic carbocycles. The van der Waals surface area contributed by atoms with E-state index >= 15 is 0 Å². The van der Waals surface area contributed by atoms with Crippen molar-refractivity contribution in [3.63, 3.8) is 0 Å². The molecule has 3 atom stereocenters. The van der Waals surface area contributed by atoms with Gasteiger partial charge in [0.1, 0.15) is 6.10 Å². The van der Waals surface area contributed by atoms with Gasteiger partial charge in [-0.2, -0.15) is 0 Å². The van der Waals surface area contributed by atoms with E-state index < -0.39 is 18.3 Å². The zero-order valence-corrected chi connectivity index (χ0v) is 5.90. The second kappa shape index (κ2) is 3.32. The van der Waals surface area contributed by atoms with E-state index in [1.54, 1.807) is 0 Å². The molecule has 0 amide bonds. The molecule has 0 aromatic carbocycles. The van der Waals surface area contributed by atoms with Crippen molar-refractivity contribution in [1.29, 1.82) is 0 Å². The summed E-state index contributed by atoms with van der Waals surface area (Å²) in [7, 11) is 0. The molecule has 3 nitrogen and oxygen atoms in total. The van der Waals surface area contributed by atoms with Crippen LogP contribution in [0, 0.1) is 0 Å². The predicted octanol–water partition coefficient (Wildman–Crippen LogP) is -0.357. The van der Waals surface area contributed by atoms with Gasteiger partial charge < -0.3 is 15.3 Å². The van der Waals surface area contributed by atoms with Gasteiger partial charge in [-0.15, -0.1) is 0 Å². The third-order valence-corrected chi connectivity index (χ3v) is 2.04. The van der Waals surface area contributed by atoms with Gasteiger partial charge >= 0.3 is 0 Å². The molecule has 1 rings (SSSR count). The summed E-state index contributed by atoms with van der Waals surface area (Å²) in [4.78, 5) is 0. The first-order chi connectivity index (χ1) is 4.72. The van der Waals surface area contributed by atoms with Crippen LogP contribution in [-0.2, 0) is 0 Å². The Bertz CT molecular complexity index is 93.0. The fourth-order valence-electron chi connectivity index (χ4n) is 1.30. The minimum atomic E-state index is -0.928. The van der Waals surface area contributed by atoms with Crippen LogP contribution in [0.3, 0.4) is 0 Å². The van der Waals surface area contributed by atoms with Gasteiger partial charge in [0, 0.05) is 0 Å². The molecule has 10 heavy (non-hydrogen) atoms. The predicted molar refractivity (Wildman–Crippen MR) is 36.5 cm³/mol. The molecule has 0 bridgehead atoms. The Morgan fingerprint density at radius 3 is 1.60 bits per heavy atom. The smallest absolute Gasteiger partial charge is 0.106 e. The van der Waals surface area contributed by atoms with Crippen LogP contribution < -0.4 is 0 Å². The van der Waals surface area contributed by atoms with E-state index in [0.717, 1.165) is 12.8 Å². The summed E-state index contributed by atoms with van der Waals surface area (Å²) in [6.07, 6.45) is 0.638. The van der Waals surface area contributed by atoms with Crippen molar-refractivity contribution in [2.24, 2.45) is 0 Å². The van der Waals surface area contributed by atoms with Gasteiger partial charge in [-0.25, -0.2) is 0 Å². The highest BCUT2D eigenvalue weighted by atomic mass is 16.4. The van der Waals surface area contributed by atoms with Gasteiger partial charge in [0.25, 0.3) is 0 Å². The van der Waals surface area contributed by atoms with Gasteiger partial charge in [0.05, 0.1) is 12.2 Å². The lowest BCUT2D eigenvalue weighted by Gasteiger charge is -2.18. The Labute approximate surface area is 60.3 Å². The average Bonchev–Trinajstić information content (AvgIpc) is 2.04. The molecule has 0 heterocycles. The first-order valence-electron chi connectivity index (χ1n) is 3.76. The van der Waals surface area contributed by atoms with E-state index in [4.69, 9.17) is 15.3 Å². The van der Waals surface area contributed by atoms with Gasteiger partial charge in [-0.3, -0.25) is 0 Å². The lowest BCUT2D eigenvalue weighted by Crippen LogP contribution is -2.35. The maximum Gasteiger partial charge on any atom is 0.106 e. The topological polar surface area (TPSA) is 60.7 Å². The molecule has 1 saturated carbocycles. The molecule has 60 valence electrons. The third kappa shape index (κ3) is 1.68. The van der Waals surface area contributed by atoms with Crippen LogP contribution >= 0.6 is 0 Å². The fourth-order valence-corrected chi connectivity index (χ4v) is 1.30. The van der Waals surface area contributed by atoms with E-state index in [2.05, 4.69) is 0 Å². The van der Waals surface area contributed by atoms with E-state index in [-0.39, 0.29) is 0 Å². The monoisotopic (exact) mass is 146 g/mol. The average molecular weight is 146 g/mol. The summed E-state index contributed by atoms with van der Waals surface area (Å²) in [6, 6.07) is 0. The highest BCUT2D eigenvalue weighted by molar-refractivity contribution is 4.78. The van der Waals surface area contributed by atoms with Crippen LogP contribution in [0.15, 0.2) is 0 Å². The third-order valence-electron chi connectivity index (χ3n) is 2.04. The SMILES string of the molecule is OC1[C@H](O)CCCC[C@@H]1O. The second-order valence-electron chi connectivity index (χ2n) is 2.91. The van der Waals surface area contributed by atoms with Crippen molar-refractivity contribution in [2.75, 3.05) is 0 Å². The first kappa shape index (κ1) is 7.98. The van der Waals surface area contributed by atoms with Crippen LogP contribution in [-0.4, -0.2) is 33.6 Å². The number of aliphatic hydroxyl groups excluding tert-OH is 3. The molecule has 1 fully saturated rings.